The highest BCUT2D eigenvalue weighted by Gasteiger charge is 2.23. The maximum atomic E-state index is 5.54. The normalized spacial score (nSPS) is 11.6. The van der Waals surface area contributed by atoms with Gasteiger partial charge in [-0.25, -0.2) is 9.97 Å². The van der Waals surface area contributed by atoms with Crippen LogP contribution in [-0.2, 0) is 0 Å². The van der Waals surface area contributed by atoms with Crippen molar-refractivity contribution in [3.8, 4) is 61.6 Å². The van der Waals surface area contributed by atoms with Gasteiger partial charge in [-0.05, 0) is 91.3 Å². The molecule has 0 aliphatic carbocycles. The van der Waals surface area contributed by atoms with Crippen molar-refractivity contribution < 1.29 is 0 Å². The first kappa shape index (κ1) is 34.9. The van der Waals surface area contributed by atoms with E-state index in [4.69, 9.17) is 9.97 Å². The van der Waals surface area contributed by atoms with Gasteiger partial charge in [-0.1, -0.05) is 188 Å². The second-order valence-electron chi connectivity index (χ2n) is 15.7. The van der Waals surface area contributed by atoms with Crippen molar-refractivity contribution in [2.45, 2.75) is 0 Å². The molecule has 2 aromatic heterocycles. The monoisotopic (exact) mass is 775 g/mol. The van der Waals surface area contributed by atoms with Crippen LogP contribution in [0.4, 0.5) is 0 Å². The van der Waals surface area contributed by atoms with Crippen LogP contribution in [0.2, 0.25) is 0 Å². The molecule has 10 aromatic carbocycles. The summed E-state index contributed by atoms with van der Waals surface area (Å²) in [7, 11) is 0. The standard InChI is InChI=1S/C58H37N3/c1-5-18-38(19-6-1)42-26-17-27-43(34-42)58-57(41-24-11-4-12-25-41)59-51-33-32-44(35-52(51)60-58)61-53-36-49(39-20-7-2-8-21-39)45-28-13-15-30-47(45)55(53)56-48-31-16-14-29-46(48)50(37-54(56)61)40-22-9-3-10-23-40/h1-37H. The Kier molecular flexibility index (Phi) is 8.17. The fraction of sp³-hybridized carbons (Fsp3) is 0. The molecule has 0 saturated heterocycles. The third kappa shape index (κ3) is 5.82. The molecule has 284 valence electrons. The summed E-state index contributed by atoms with van der Waals surface area (Å²) in [6.45, 7) is 0. The van der Waals surface area contributed by atoms with Crippen LogP contribution in [0.15, 0.2) is 224 Å². The molecule has 0 bridgehead atoms. The molecule has 0 unspecified atom stereocenters. The van der Waals surface area contributed by atoms with Gasteiger partial charge >= 0.3 is 0 Å². The van der Waals surface area contributed by atoms with Crippen LogP contribution >= 0.6 is 0 Å². The highest BCUT2D eigenvalue weighted by atomic mass is 15.0. The lowest BCUT2D eigenvalue weighted by Gasteiger charge is -2.15. The molecule has 0 atom stereocenters. The zero-order valence-electron chi connectivity index (χ0n) is 33.2. The van der Waals surface area contributed by atoms with Crippen molar-refractivity contribution in [3.05, 3.63) is 224 Å². The van der Waals surface area contributed by atoms with Crippen molar-refractivity contribution in [2.75, 3.05) is 0 Å². The van der Waals surface area contributed by atoms with Gasteiger partial charge in [0.15, 0.2) is 0 Å². The van der Waals surface area contributed by atoms with E-state index in [1.807, 2.05) is 6.07 Å². The molecule has 0 saturated carbocycles. The average molecular weight is 776 g/mol. The van der Waals surface area contributed by atoms with E-state index >= 15 is 0 Å². The predicted octanol–water partition coefficient (Wildman–Crippen LogP) is 15.4. The zero-order chi connectivity index (χ0) is 40.3. The van der Waals surface area contributed by atoms with E-state index < -0.39 is 0 Å². The summed E-state index contributed by atoms with van der Waals surface area (Å²) in [6.07, 6.45) is 0. The Hall–Kier alpha value is -8.14. The fourth-order valence-electron chi connectivity index (χ4n) is 9.38. The minimum absolute atomic E-state index is 0.834. The topological polar surface area (TPSA) is 30.7 Å². The van der Waals surface area contributed by atoms with Crippen LogP contribution in [0.3, 0.4) is 0 Å². The van der Waals surface area contributed by atoms with Crippen molar-refractivity contribution in [1.29, 1.82) is 0 Å². The summed E-state index contributed by atoms with van der Waals surface area (Å²) in [5, 5.41) is 7.41. The van der Waals surface area contributed by atoms with Crippen molar-refractivity contribution in [3.63, 3.8) is 0 Å². The van der Waals surface area contributed by atoms with Gasteiger partial charge in [0.2, 0.25) is 0 Å². The van der Waals surface area contributed by atoms with Gasteiger partial charge in [0.25, 0.3) is 0 Å². The third-order valence-corrected chi connectivity index (χ3v) is 12.1. The second-order valence-corrected chi connectivity index (χ2v) is 15.7. The van der Waals surface area contributed by atoms with E-state index in [-0.39, 0.29) is 0 Å². The van der Waals surface area contributed by atoms with Crippen molar-refractivity contribution in [1.82, 2.24) is 14.5 Å². The molecule has 0 fully saturated rings. The number of nitrogens with zero attached hydrogens (tertiary/aromatic N) is 3. The number of rotatable bonds is 6. The highest BCUT2D eigenvalue weighted by Crippen LogP contribution is 2.46. The molecular weight excluding hydrogens is 739 g/mol. The maximum Gasteiger partial charge on any atom is 0.0973 e. The van der Waals surface area contributed by atoms with Crippen LogP contribution in [0.25, 0.3) is 116 Å². The molecule has 0 radical (unpaired) electrons. The van der Waals surface area contributed by atoms with E-state index in [0.29, 0.717) is 0 Å². The molecule has 3 heteroatoms. The molecule has 0 amide bonds. The molecule has 3 nitrogen and oxygen atoms in total. The Morgan fingerprint density at radius 1 is 0.279 bits per heavy atom. The van der Waals surface area contributed by atoms with Gasteiger partial charge in [0, 0.05) is 27.6 Å². The largest absolute Gasteiger partial charge is 0.309 e. The molecule has 2 heterocycles. The van der Waals surface area contributed by atoms with Gasteiger partial charge in [-0.3, -0.25) is 0 Å². The van der Waals surface area contributed by atoms with E-state index in [1.54, 1.807) is 0 Å². The van der Waals surface area contributed by atoms with E-state index in [0.717, 1.165) is 61.4 Å². The number of hydrogen-bond donors (Lipinski definition) is 0. The molecule has 12 rings (SSSR count). The summed E-state index contributed by atoms with van der Waals surface area (Å²) in [4.78, 5) is 10.9. The van der Waals surface area contributed by atoms with Gasteiger partial charge in [0.05, 0.1) is 33.5 Å². The Morgan fingerprint density at radius 3 is 1.26 bits per heavy atom. The zero-order valence-corrected chi connectivity index (χ0v) is 33.2. The Morgan fingerprint density at radius 2 is 0.705 bits per heavy atom. The van der Waals surface area contributed by atoms with Gasteiger partial charge in [0.1, 0.15) is 0 Å². The second kappa shape index (κ2) is 14.3. The first-order valence-corrected chi connectivity index (χ1v) is 20.8. The lowest BCUT2D eigenvalue weighted by atomic mass is 9.92. The summed E-state index contributed by atoms with van der Waals surface area (Å²) in [6, 6.07) is 80.3. The molecule has 0 N–H and O–H groups in total. The van der Waals surface area contributed by atoms with E-state index in [1.165, 1.54) is 54.6 Å². The van der Waals surface area contributed by atoms with E-state index in [2.05, 4.69) is 223 Å². The summed E-state index contributed by atoms with van der Waals surface area (Å²) < 4.78 is 2.46. The fourth-order valence-corrected chi connectivity index (χ4v) is 9.38. The van der Waals surface area contributed by atoms with Crippen LogP contribution < -0.4 is 0 Å². The number of benzene rings is 10. The quantitative estimate of drug-likeness (QED) is 0.168. The Labute approximate surface area is 353 Å². The SMILES string of the molecule is c1ccc(-c2cccc(-c3nc4cc(-n5c6cc(-c7ccccc7)c7ccccc7c6c6c7ccccc7c(-c7ccccc7)cc65)ccc4nc3-c3ccccc3)c2)cc1. The van der Waals surface area contributed by atoms with Crippen LogP contribution in [0, 0.1) is 0 Å². The van der Waals surface area contributed by atoms with Crippen molar-refractivity contribution >= 4 is 54.4 Å². The number of hydrogen-bond acceptors (Lipinski definition) is 2. The highest BCUT2D eigenvalue weighted by molar-refractivity contribution is 6.31. The van der Waals surface area contributed by atoms with Crippen LogP contribution in [0.5, 0.6) is 0 Å². The third-order valence-electron chi connectivity index (χ3n) is 12.1. The number of aromatic nitrogens is 3. The first-order chi connectivity index (χ1) is 30.3. The molecule has 0 aliphatic rings. The average Bonchev–Trinajstić information content (AvgIpc) is 3.68. The minimum atomic E-state index is 0.834. The van der Waals surface area contributed by atoms with Crippen LogP contribution in [0.1, 0.15) is 0 Å². The molecular formula is C58H37N3. The Balaban J connectivity index is 1.18. The smallest absolute Gasteiger partial charge is 0.0973 e. The van der Waals surface area contributed by atoms with Gasteiger partial charge in [-0.2, -0.15) is 0 Å². The maximum absolute atomic E-state index is 5.54. The van der Waals surface area contributed by atoms with Gasteiger partial charge in [-0.15, -0.1) is 0 Å². The summed E-state index contributed by atoms with van der Waals surface area (Å²) in [5.41, 5.74) is 15.9. The van der Waals surface area contributed by atoms with Crippen LogP contribution in [-0.4, -0.2) is 14.5 Å². The molecule has 12 aromatic rings. The van der Waals surface area contributed by atoms with Gasteiger partial charge < -0.3 is 4.57 Å². The molecule has 0 spiro atoms. The first-order valence-electron chi connectivity index (χ1n) is 20.8. The lowest BCUT2D eigenvalue weighted by molar-refractivity contribution is 1.18. The van der Waals surface area contributed by atoms with Crippen molar-refractivity contribution in [2.24, 2.45) is 0 Å². The lowest BCUT2D eigenvalue weighted by Crippen LogP contribution is -1.99. The Bertz CT molecular complexity index is 3480. The molecule has 61 heavy (non-hydrogen) atoms. The number of fused-ring (bicyclic) bond motifs is 8. The summed E-state index contributed by atoms with van der Waals surface area (Å²) in [5.74, 6) is 0. The summed E-state index contributed by atoms with van der Waals surface area (Å²) >= 11 is 0. The predicted molar refractivity (Wildman–Crippen MR) is 256 cm³/mol. The minimum Gasteiger partial charge on any atom is -0.309 e. The van der Waals surface area contributed by atoms with E-state index in [9.17, 15) is 0 Å². The molecule has 0 aliphatic heterocycles.